The Morgan fingerprint density at radius 3 is 2.32 bits per heavy atom. The molecule has 0 unspecified atom stereocenters. The van der Waals surface area contributed by atoms with E-state index in [1.807, 2.05) is 32.3 Å². The number of hydrazine groups is 1. The number of hydrogen-bond acceptors (Lipinski definition) is 4. The molecule has 0 radical (unpaired) electrons. The zero-order valence-electron chi connectivity index (χ0n) is 14.5. The number of nitro benzene ring substituents is 1. The highest BCUT2D eigenvalue weighted by Crippen LogP contribution is 2.20. The smallest absolute Gasteiger partial charge is 0.271 e. The van der Waals surface area contributed by atoms with Gasteiger partial charge in [0.05, 0.1) is 10.5 Å². The zero-order chi connectivity index (χ0) is 18.7. The molecule has 8 nitrogen and oxygen atoms in total. The van der Waals surface area contributed by atoms with E-state index in [9.17, 15) is 19.7 Å². The summed E-state index contributed by atoms with van der Waals surface area (Å²) in [7, 11) is 0. The quantitative estimate of drug-likeness (QED) is 0.657. The number of non-ortho nitro benzene ring substituents is 1. The first-order chi connectivity index (χ1) is 11.7. The van der Waals surface area contributed by atoms with E-state index in [2.05, 4.69) is 10.9 Å². The van der Waals surface area contributed by atoms with Gasteiger partial charge in [-0.25, -0.2) is 0 Å². The predicted octanol–water partition coefficient (Wildman–Crippen LogP) is 2.67. The van der Waals surface area contributed by atoms with Crippen molar-refractivity contribution in [2.45, 2.75) is 33.7 Å². The number of carbonyl (C=O) groups is 2. The molecule has 2 rings (SSSR count). The molecule has 1 aromatic heterocycles. The monoisotopic (exact) mass is 344 g/mol. The fourth-order valence-electron chi connectivity index (χ4n) is 2.82. The minimum Gasteiger partial charge on any atom is -0.346 e. The Hall–Kier alpha value is -3.16. The molecule has 0 saturated heterocycles. The zero-order valence-corrected chi connectivity index (χ0v) is 14.5. The molecule has 2 N–H and O–H groups in total. The Balaban J connectivity index is 2.10. The summed E-state index contributed by atoms with van der Waals surface area (Å²) in [6, 6.07) is 7.23. The third kappa shape index (κ3) is 3.85. The van der Waals surface area contributed by atoms with Gasteiger partial charge in [-0.2, -0.15) is 0 Å². The van der Waals surface area contributed by atoms with Gasteiger partial charge in [-0.15, -0.1) is 0 Å². The van der Waals surface area contributed by atoms with Gasteiger partial charge in [0.1, 0.15) is 0 Å². The number of nitro groups is 1. The first-order valence-electron chi connectivity index (χ1n) is 7.76. The molecule has 0 aliphatic carbocycles. The van der Waals surface area contributed by atoms with E-state index >= 15 is 0 Å². The largest absolute Gasteiger partial charge is 0.346 e. The number of carbonyl (C=O) groups excluding carboxylic acids is 2. The molecule has 2 amide bonds. The van der Waals surface area contributed by atoms with Crippen molar-refractivity contribution in [1.29, 1.82) is 0 Å². The van der Waals surface area contributed by atoms with Crippen LogP contribution in [0.3, 0.4) is 0 Å². The van der Waals surface area contributed by atoms with Crippen molar-refractivity contribution in [3.8, 4) is 0 Å². The Kier molecular flexibility index (Phi) is 5.21. The van der Waals surface area contributed by atoms with Crippen molar-refractivity contribution in [1.82, 2.24) is 15.4 Å². The molecule has 0 spiro atoms. The van der Waals surface area contributed by atoms with Gasteiger partial charge in [-0.1, -0.05) is 6.07 Å². The first-order valence-corrected chi connectivity index (χ1v) is 7.76. The van der Waals surface area contributed by atoms with Crippen molar-refractivity contribution in [3.05, 3.63) is 63.0 Å². The normalized spacial score (nSPS) is 10.6. The third-order valence-corrected chi connectivity index (χ3v) is 3.85. The van der Waals surface area contributed by atoms with Crippen molar-refractivity contribution in [2.75, 3.05) is 0 Å². The van der Waals surface area contributed by atoms with E-state index in [0.29, 0.717) is 5.56 Å². The van der Waals surface area contributed by atoms with Crippen LogP contribution in [0.25, 0.3) is 0 Å². The van der Waals surface area contributed by atoms with Crippen LogP contribution in [0.4, 0.5) is 5.69 Å². The highest BCUT2D eigenvalue weighted by atomic mass is 16.6. The molecule has 0 fully saturated rings. The topological polar surface area (TPSA) is 106 Å². The van der Waals surface area contributed by atoms with E-state index in [4.69, 9.17) is 0 Å². The van der Waals surface area contributed by atoms with Crippen molar-refractivity contribution < 1.29 is 14.5 Å². The minimum atomic E-state index is -0.630. The number of amides is 2. The number of benzene rings is 1. The van der Waals surface area contributed by atoms with Gasteiger partial charge < -0.3 is 4.57 Å². The van der Waals surface area contributed by atoms with Crippen LogP contribution >= 0.6 is 0 Å². The predicted molar refractivity (Wildman–Crippen MR) is 92.3 cm³/mol. The van der Waals surface area contributed by atoms with Crippen LogP contribution < -0.4 is 10.9 Å². The summed E-state index contributed by atoms with van der Waals surface area (Å²) in [5.74, 6) is -1.08. The van der Waals surface area contributed by atoms with Crippen LogP contribution in [0.5, 0.6) is 0 Å². The molecule has 0 saturated carbocycles. The lowest BCUT2D eigenvalue weighted by Crippen LogP contribution is -2.41. The number of hydrogen-bond donors (Lipinski definition) is 2. The second-order valence-corrected chi connectivity index (χ2v) is 5.96. The summed E-state index contributed by atoms with van der Waals surface area (Å²) in [4.78, 5) is 34.6. The van der Waals surface area contributed by atoms with Crippen LogP contribution in [0, 0.1) is 24.0 Å². The molecule has 1 heterocycles. The van der Waals surface area contributed by atoms with Gasteiger partial charge in [0.25, 0.3) is 17.5 Å². The minimum absolute atomic E-state index is 0.0853. The fraction of sp³-hybridized carbons (Fsp3) is 0.294. The fourth-order valence-corrected chi connectivity index (χ4v) is 2.82. The van der Waals surface area contributed by atoms with Crippen molar-refractivity contribution in [2.24, 2.45) is 0 Å². The van der Waals surface area contributed by atoms with Crippen LogP contribution in [-0.4, -0.2) is 21.3 Å². The highest BCUT2D eigenvalue weighted by molar-refractivity contribution is 6.00. The van der Waals surface area contributed by atoms with E-state index in [0.717, 1.165) is 17.5 Å². The molecule has 8 heteroatoms. The maximum Gasteiger partial charge on any atom is 0.271 e. The number of rotatable bonds is 4. The van der Waals surface area contributed by atoms with Crippen LogP contribution in [0.2, 0.25) is 0 Å². The Morgan fingerprint density at radius 1 is 1.12 bits per heavy atom. The molecule has 0 atom stereocenters. The SMILES string of the molecule is Cc1cc(C(=O)NNC(=O)c2cccc([N+](=O)[O-])c2)c(C)n1C(C)C. The lowest BCUT2D eigenvalue weighted by atomic mass is 10.2. The summed E-state index contributed by atoms with van der Waals surface area (Å²) < 4.78 is 2.03. The summed E-state index contributed by atoms with van der Waals surface area (Å²) in [6.45, 7) is 7.79. The third-order valence-electron chi connectivity index (χ3n) is 3.85. The summed E-state index contributed by atoms with van der Waals surface area (Å²) in [6.07, 6.45) is 0. The molecule has 25 heavy (non-hydrogen) atoms. The second kappa shape index (κ2) is 7.16. The van der Waals surface area contributed by atoms with Crippen LogP contribution in [0.1, 0.15) is 52.0 Å². The summed E-state index contributed by atoms with van der Waals surface area (Å²) in [5.41, 5.74) is 6.72. The number of aromatic nitrogens is 1. The Bertz CT molecular complexity index is 839. The first kappa shape index (κ1) is 18.2. The molecule has 0 aliphatic rings. The lowest BCUT2D eigenvalue weighted by molar-refractivity contribution is -0.384. The second-order valence-electron chi connectivity index (χ2n) is 5.96. The maximum atomic E-state index is 12.3. The van der Waals surface area contributed by atoms with E-state index < -0.39 is 16.7 Å². The summed E-state index contributed by atoms with van der Waals surface area (Å²) >= 11 is 0. The molecule has 1 aromatic carbocycles. The van der Waals surface area contributed by atoms with Crippen molar-refractivity contribution in [3.63, 3.8) is 0 Å². The van der Waals surface area contributed by atoms with E-state index in [1.165, 1.54) is 18.2 Å². The molecular weight excluding hydrogens is 324 g/mol. The number of aryl methyl sites for hydroxylation is 1. The number of nitrogens with one attached hydrogen (secondary N) is 2. The molecule has 0 bridgehead atoms. The Morgan fingerprint density at radius 2 is 1.76 bits per heavy atom. The van der Waals surface area contributed by atoms with Crippen LogP contribution in [-0.2, 0) is 0 Å². The van der Waals surface area contributed by atoms with Gasteiger partial charge in [-0.05, 0) is 39.8 Å². The standard InChI is InChI=1S/C17H20N4O4/c1-10(2)20-11(3)8-15(12(20)4)17(23)19-18-16(22)13-6-5-7-14(9-13)21(24)25/h5-10H,1-4H3,(H,18,22)(H,19,23). The average molecular weight is 344 g/mol. The maximum absolute atomic E-state index is 12.3. The highest BCUT2D eigenvalue weighted by Gasteiger charge is 2.18. The lowest BCUT2D eigenvalue weighted by Gasteiger charge is -2.13. The van der Waals surface area contributed by atoms with Gasteiger partial charge in [0, 0.05) is 35.1 Å². The number of nitrogens with zero attached hydrogens (tertiary/aromatic N) is 2. The van der Waals surface area contributed by atoms with E-state index in [-0.39, 0.29) is 17.3 Å². The van der Waals surface area contributed by atoms with Gasteiger partial charge >= 0.3 is 0 Å². The summed E-state index contributed by atoms with van der Waals surface area (Å²) in [5, 5.41) is 10.8. The van der Waals surface area contributed by atoms with Crippen molar-refractivity contribution >= 4 is 17.5 Å². The Labute approximate surface area is 145 Å². The molecule has 0 aliphatic heterocycles. The van der Waals surface area contributed by atoms with Gasteiger partial charge in [-0.3, -0.25) is 30.6 Å². The molecular formula is C17H20N4O4. The molecule has 2 aromatic rings. The average Bonchev–Trinajstić information content (AvgIpc) is 2.87. The van der Waals surface area contributed by atoms with Gasteiger partial charge in [0.15, 0.2) is 0 Å². The van der Waals surface area contributed by atoms with E-state index in [1.54, 1.807) is 6.07 Å². The van der Waals surface area contributed by atoms with Gasteiger partial charge in [0.2, 0.25) is 0 Å². The molecule has 132 valence electrons. The van der Waals surface area contributed by atoms with Crippen LogP contribution in [0.15, 0.2) is 30.3 Å².